The molecule has 0 amide bonds. The molecule has 0 aliphatic heterocycles. The number of anilines is 4. The monoisotopic (exact) mass is 1060 g/mol. The largest absolute Gasteiger partial charge is 0.399 e. The number of aromatic amines is 2. The predicted molar refractivity (Wildman–Crippen MR) is 309 cm³/mol. The Morgan fingerprint density at radius 2 is 0.859 bits per heavy atom. The first-order valence-corrected chi connectivity index (χ1v) is 27.5. The number of hydrogen-bond acceptors (Lipinski definition) is 11. The standard InChI is InChI=1S/C19H24FNO2Si.2C18H13FN4.C5H7N3/c1-19(2,3)24(4,5)23-18(15-10-12-21-13-11-15)17(22)14-6-8-16(20)9-7-14;19-13-3-1-12(2-4-13)17-16(11-7-9-21-10-8-11)14-5-6-15(20)22-18(14)23-17;19-13-3-1-11(2-4-13)16-14-5-6-15(20)22-18(14)23-17(16)12-7-9-21-10-8-12;6-4-2-1-3-5(7)8-4/h6-13,18H,1-5H3;2*1-10H,(H3,20,22,23);1-3H,(H4,6,7,8)/p+1. The summed E-state index contributed by atoms with van der Waals surface area (Å²) in [6.45, 7) is 10.7. The zero-order valence-electron chi connectivity index (χ0n) is 43.5. The van der Waals surface area contributed by atoms with E-state index in [4.69, 9.17) is 27.4 Å². The lowest BCUT2D eigenvalue weighted by Crippen LogP contribution is -2.43. The molecule has 394 valence electrons. The normalized spacial score (nSPS) is 11.6. The highest BCUT2D eigenvalue weighted by Crippen LogP contribution is 2.42. The van der Waals surface area contributed by atoms with E-state index in [1.165, 1.54) is 36.4 Å². The SMILES string of the molecule is CC(C)(C)[Si](C)(C)OC(C(=[OH+])c1ccc(F)cc1)c1ccncc1.Nc1ccc2c(-c3ccc(F)cc3)c(-c3ccncc3)[nH]c2n1.Nc1ccc2c(-c3ccncc3)c(-c3ccc(F)cc3)[nH]c2n1.Nc1cccc(N)n1. The van der Waals surface area contributed by atoms with Crippen LogP contribution in [0.3, 0.4) is 0 Å². The van der Waals surface area contributed by atoms with Gasteiger partial charge in [-0.15, -0.1) is 0 Å². The van der Waals surface area contributed by atoms with Crippen LogP contribution in [0.1, 0.15) is 38.0 Å². The Labute approximate surface area is 450 Å². The first-order chi connectivity index (χ1) is 37.3. The lowest BCUT2D eigenvalue weighted by atomic mass is 9.99. The van der Waals surface area contributed by atoms with Gasteiger partial charge in [-0.3, -0.25) is 19.7 Å². The van der Waals surface area contributed by atoms with Gasteiger partial charge in [0.2, 0.25) is 0 Å². The van der Waals surface area contributed by atoms with Gasteiger partial charge in [-0.05, 0) is 174 Å². The minimum absolute atomic E-state index is 0.00135. The lowest BCUT2D eigenvalue weighted by Gasteiger charge is -2.38. The molecule has 0 radical (unpaired) electrons. The van der Waals surface area contributed by atoms with Crippen LogP contribution in [0.5, 0.6) is 0 Å². The number of benzene rings is 3. The Morgan fingerprint density at radius 1 is 0.487 bits per heavy atom. The average molecular weight is 1060 g/mol. The van der Waals surface area contributed by atoms with E-state index in [1.54, 1.807) is 104 Å². The molecule has 11 rings (SSSR count). The summed E-state index contributed by atoms with van der Waals surface area (Å²) < 4.78 is 46.2. The molecule has 8 heterocycles. The number of hydrogen-bond donors (Lipinski definition) is 6. The Kier molecular flexibility index (Phi) is 16.8. The van der Waals surface area contributed by atoms with E-state index in [9.17, 15) is 18.0 Å². The quantitative estimate of drug-likeness (QED) is 0.0451. The van der Waals surface area contributed by atoms with E-state index in [0.29, 0.717) is 40.1 Å². The van der Waals surface area contributed by atoms with Gasteiger partial charge in [0, 0.05) is 64.6 Å². The number of H-pyrrole nitrogens is 2. The molecule has 0 saturated carbocycles. The highest BCUT2D eigenvalue weighted by molar-refractivity contribution is 6.74. The maximum Gasteiger partial charge on any atom is 0.355 e. The molecule has 11 aromatic rings. The third-order valence-corrected chi connectivity index (χ3v) is 17.4. The summed E-state index contributed by atoms with van der Waals surface area (Å²) >= 11 is 0. The van der Waals surface area contributed by atoms with Crippen molar-refractivity contribution in [1.29, 1.82) is 0 Å². The number of halogens is 3. The van der Waals surface area contributed by atoms with E-state index in [1.807, 2.05) is 48.5 Å². The van der Waals surface area contributed by atoms with Gasteiger partial charge in [-0.25, -0.2) is 28.1 Å². The minimum Gasteiger partial charge on any atom is -0.399 e. The second-order valence-corrected chi connectivity index (χ2v) is 24.2. The molecule has 14 nitrogen and oxygen atoms in total. The van der Waals surface area contributed by atoms with Crippen molar-refractivity contribution in [3.63, 3.8) is 0 Å². The van der Waals surface area contributed by atoms with E-state index in [2.05, 4.69) is 73.7 Å². The Bertz CT molecular complexity index is 3740. The maximum atomic E-state index is 13.3. The molecule has 1 atom stereocenters. The second kappa shape index (κ2) is 24.0. The molecule has 1 unspecified atom stereocenters. The molecule has 0 aliphatic carbocycles. The number of ketones is 1. The summed E-state index contributed by atoms with van der Waals surface area (Å²) in [6.07, 6.45) is 9.71. The highest BCUT2D eigenvalue weighted by atomic mass is 28.4. The number of nitrogens with zero attached hydrogens (tertiary/aromatic N) is 6. The van der Waals surface area contributed by atoms with Crippen LogP contribution in [-0.4, -0.2) is 58.8 Å². The fourth-order valence-corrected chi connectivity index (χ4v) is 9.20. The zero-order chi connectivity index (χ0) is 55.6. The van der Waals surface area contributed by atoms with Crippen LogP contribution < -0.4 is 22.9 Å². The fraction of sp³-hybridized carbons (Fsp3) is 0.117. The Balaban J connectivity index is 0.000000144. The summed E-state index contributed by atoms with van der Waals surface area (Å²) in [4.78, 5) is 42.1. The summed E-state index contributed by atoms with van der Waals surface area (Å²) in [5, 5.41) is 1.91. The molecule has 0 fully saturated rings. The van der Waals surface area contributed by atoms with Crippen molar-refractivity contribution >= 4 is 59.4 Å². The van der Waals surface area contributed by atoms with Gasteiger partial charge in [-0.1, -0.05) is 39.0 Å². The summed E-state index contributed by atoms with van der Waals surface area (Å²) in [6, 6.07) is 42.5. The molecule has 18 heteroatoms. The van der Waals surface area contributed by atoms with Gasteiger partial charge in [0.25, 0.3) is 0 Å². The van der Waals surface area contributed by atoms with Crippen molar-refractivity contribution in [2.45, 2.75) is 45.0 Å². The lowest BCUT2D eigenvalue weighted by molar-refractivity contribution is 0.238. The van der Waals surface area contributed by atoms with Gasteiger partial charge < -0.3 is 37.3 Å². The zero-order valence-corrected chi connectivity index (χ0v) is 44.5. The Hall–Kier alpha value is -9.52. The van der Waals surface area contributed by atoms with Crippen molar-refractivity contribution < 1.29 is 22.4 Å². The third-order valence-electron chi connectivity index (χ3n) is 13.0. The van der Waals surface area contributed by atoms with Crippen LogP contribution in [0, 0.1) is 17.5 Å². The fourth-order valence-electron chi connectivity index (χ4n) is 8.01. The number of aromatic nitrogens is 8. The van der Waals surface area contributed by atoms with Crippen molar-refractivity contribution in [3.05, 3.63) is 217 Å². The highest BCUT2D eigenvalue weighted by Gasteiger charge is 2.43. The van der Waals surface area contributed by atoms with Gasteiger partial charge >= 0.3 is 5.78 Å². The van der Waals surface area contributed by atoms with Crippen LogP contribution in [0.15, 0.2) is 189 Å². The number of rotatable bonds is 9. The van der Waals surface area contributed by atoms with Crippen molar-refractivity contribution in [2.75, 3.05) is 22.9 Å². The number of nitrogens with two attached hydrogens (primary N) is 4. The van der Waals surface area contributed by atoms with E-state index in [0.717, 1.165) is 61.1 Å². The number of pyridine rings is 6. The van der Waals surface area contributed by atoms with Gasteiger partial charge in [-0.2, -0.15) is 0 Å². The van der Waals surface area contributed by atoms with E-state index < -0.39 is 14.4 Å². The maximum absolute atomic E-state index is 13.3. The van der Waals surface area contributed by atoms with E-state index >= 15 is 0 Å². The third kappa shape index (κ3) is 13.3. The van der Waals surface area contributed by atoms with Gasteiger partial charge in [0.05, 0.1) is 17.0 Å². The first kappa shape index (κ1) is 54.7. The average Bonchev–Trinajstić information content (AvgIpc) is 4.06. The van der Waals surface area contributed by atoms with Gasteiger partial charge in [0.1, 0.15) is 52.0 Å². The first-order valence-electron chi connectivity index (χ1n) is 24.6. The minimum atomic E-state index is -2.13. The number of nitrogens with one attached hydrogen (secondary N) is 2. The van der Waals surface area contributed by atoms with Gasteiger partial charge in [0.15, 0.2) is 14.4 Å². The molecule has 11 N–H and O–H groups in total. The molecular weight excluding hydrogens is 1010 g/mol. The topological polar surface area (TPSA) is 244 Å². The molecule has 0 bridgehead atoms. The predicted octanol–water partition coefficient (Wildman–Crippen LogP) is 13.1. The summed E-state index contributed by atoms with van der Waals surface area (Å²) in [7, 11) is -2.13. The number of carbonyl (C=O) groups excluding carboxylic acids is 1. The molecule has 8 aromatic heterocycles. The van der Waals surface area contributed by atoms with Crippen LogP contribution in [0.25, 0.3) is 66.8 Å². The molecule has 0 aliphatic rings. The molecule has 0 saturated heterocycles. The van der Waals surface area contributed by atoms with Crippen molar-refractivity contribution in [1.82, 2.24) is 39.9 Å². The molecule has 3 aromatic carbocycles. The van der Waals surface area contributed by atoms with Crippen molar-refractivity contribution in [3.8, 4) is 44.8 Å². The smallest absolute Gasteiger partial charge is 0.355 e. The molecular formula is C60H58F3N12O2Si+. The van der Waals surface area contributed by atoms with Crippen LogP contribution in [-0.2, 0) is 4.43 Å². The number of nitrogen functional groups attached to an aromatic ring is 4. The van der Waals surface area contributed by atoms with E-state index in [-0.39, 0.29) is 28.3 Å². The molecule has 0 spiro atoms. The summed E-state index contributed by atoms with van der Waals surface area (Å²) in [5.41, 5.74) is 32.5. The van der Waals surface area contributed by atoms with Crippen molar-refractivity contribution in [2.24, 2.45) is 0 Å². The second-order valence-electron chi connectivity index (χ2n) is 19.4. The van der Waals surface area contributed by atoms with Crippen LogP contribution >= 0.6 is 0 Å². The Morgan fingerprint density at radius 3 is 1.28 bits per heavy atom. The van der Waals surface area contributed by atoms with Crippen LogP contribution in [0.2, 0.25) is 18.1 Å². The number of fused-ring (bicyclic) bond motifs is 2. The molecule has 78 heavy (non-hydrogen) atoms. The van der Waals surface area contributed by atoms with Crippen LogP contribution in [0.4, 0.5) is 36.4 Å². The summed E-state index contributed by atoms with van der Waals surface area (Å²) in [5.74, 6) is 1.05.